The first-order valence-electron chi connectivity index (χ1n) is 10.0. The topological polar surface area (TPSA) is 120 Å². The molecule has 1 aliphatic heterocycles. The fraction of sp³-hybridized carbons (Fsp3) is 0.227. The van der Waals surface area contributed by atoms with Crippen LogP contribution in [-0.4, -0.2) is 43.5 Å². The Kier molecular flexibility index (Phi) is 4.14. The summed E-state index contributed by atoms with van der Waals surface area (Å²) in [5.74, 6) is 0.348. The summed E-state index contributed by atoms with van der Waals surface area (Å²) in [6.07, 6.45) is 4.65. The first-order chi connectivity index (χ1) is 14.9. The monoisotopic (exact) mass is 415 g/mol. The van der Waals surface area contributed by atoms with E-state index >= 15 is 0 Å². The third-order valence-corrected chi connectivity index (χ3v) is 5.71. The largest absolute Gasteiger partial charge is 0.337 e. The van der Waals surface area contributed by atoms with Crippen molar-refractivity contribution in [3.05, 3.63) is 54.0 Å². The summed E-state index contributed by atoms with van der Waals surface area (Å²) in [7, 11) is 0. The van der Waals surface area contributed by atoms with E-state index in [4.69, 9.17) is 0 Å². The Morgan fingerprint density at radius 2 is 2.10 bits per heavy atom. The second kappa shape index (κ2) is 6.76. The Balaban J connectivity index is 1.53. The molecular formula is C22H21N7O2. The normalized spacial score (nSPS) is 14.8. The number of carbonyl (C=O) groups excluding carboxylic acids is 2. The summed E-state index contributed by atoms with van der Waals surface area (Å²) in [6.45, 7) is 6.44. The van der Waals surface area contributed by atoms with Gasteiger partial charge in [-0.15, -0.1) is 0 Å². The molecule has 0 fully saturated rings. The third-order valence-electron chi connectivity index (χ3n) is 5.71. The number of likely N-dealkylation sites (N-methyl/N-ethyl adjacent to an activating group) is 1. The summed E-state index contributed by atoms with van der Waals surface area (Å²) in [5, 5.41) is 9.81. The molecule has 9 nitrogen and oxygen atoms in total. The third kappa shape index (κ3) is 2.89. The number of pyridine rings is 1. The van der Waals surface area contributed by atoms with E-state index in [2.05, 4.69) is 30.5 Å². The molecule has 3 aromatic heterocycles. The van der Waals surface area contributed by atoms with Gasteiger partial charge in [-0.3, -0.25) is 19.7 Å². The minimum atomic E-state index is -0.596. The van der Waals surface area contributed by atoms with E-state index in [0.29, 0.717) is 29.3 Å². The van der Waals surface area contributed by atoms with E-state index in [1.54, 1.807) is 23.2 Å². The van der Waals surface area contributed by atoms with Crippen molar-refractivity contribution < 1.29 is 9.59 Å². The maximum atomic E-state index is 12.8. The second-order valence-corrected chi connectivity index (χ2v) is 8.00. The Morgan fingerprint density at radius 1 is 1.26 bits per heavy atom. The molecule has 0 radical (unpaired) electrons. The van der Waals surface area contributed by atoms with Crippen LogP contribution in [0.3, 0.4) is 0 Å². The Morgan fingerprint density at radius 3 is 2.84 bits per heavy atom. The molecule has 4 heterocycles. The maximum absolute atomic E-state index is 12.8. The highest BCUT2D eigenvalue weighted by molar-refractivity contribution is 6.09. The number of anilines is 2. The van der Waals surface area contributed by atoms with Gasteiger partial charge in [0.05, 0.1) is 39.6 Å². The molecule has 0 atom stereocenters. The number of nitrogens with zero attached hydrogens (tertiary/aromatic N) is 4. The molecule has 2 amide bonds. The van der Waals surface area contributed by atoms with Gasteiger partial charge in [0.25, 0.3) is 5.91 Å². The van der Waals surface area contributed by atoms with Gasteiger partial charge in [-0.2, -0.15) is 5.10 Å². The second-order valence-electron chi connectivity index (χ2n) is 8.00. The van der Waals surface area contributed by atoms with E-state index in [-0.39, 0.29) is 11.8 Å². The number of aromatic amines is 2. The molecule has 0 bridgehead atoms. The Bertz CT molecular complexity index is 1320. The molecule has 0 spiro atoms. The van der Waals surface area contributed by atoms with E-state index in [1.165, 1.54) is 12.4 Å². The van der Waals surface area contributed by atoms with Crippen molar-refractivity contribution in [2.75, 3.05) is 16.8 Å². The van der Waals surface area contributed by atoms with Crippen molar-refractivity contribution in [3.63, 3.8) is 0 Å². The standard InChI is InChI=1S/C22H21N7O2/c1-4-29-17-9-15-14(8-13(17)22(2,3)21(29)31)25-19(26-15)18-16(11-24-28-18)27-20(30)12-6-5-7-23-10-12/h5-11H,4H2,1-3H3,(H,24,28)(H,25,26)(H,27,30). The molecule has 0 saturated carbocycles. The quantitative estimate of drug-likeness (QED) is 0.473. The van der Waals surface area contributed by atoms with Gasteiger partial charge < -0.3 is 15.2 Å². The lowest BCUT2D eigenvalue weighted by molar-refractivity contribution is -0.122. The van der Waals surface area contributed by atoms with Gasteiger partial charge >= 0.3 is 0 Å². The maximum Gasteiger partial charge on any atom is 0.257 e. The van der Waals surface area contributed by atoms with Crippen molar-refractivity contribution in [1.29, 1.82) is 0 Å². The van der Waals surface area contributed by atoms with E-state index in [1.807, 2.05) is 32.9 Å². The first-order valence-corrected chi connectivity index (χ1v) is 10.0. The van der Waals surface area contributed by atoms with E-state index < -0.39 is 5.41 Å². The van der Waals surface area contributed by atoms with Crippen LogP contribution >= 0.6 is 0 Å². The van der Waals surface area contributed by atoms with Gasteiger partial charge in [0.1, 0.15) is 5.69 Å². The predicted octanol–water partition coefficient (Wildman–Crippen LogP) is 3.24. The lowest BCUT2D eigenvalue weighted by Crippen LogP contribution is -2.35. The molecule has 1 aromatic carbocycles. The summed E-state index contributed by atoms with van der Waals surface area (Å²) in [5.41, 5.74) is 4.32. The zero-order chi connectivity index (χ0) is 21.8. The number of amides is 2. The van der Waals surface area contributed by atoms with Crippen LogP contribution in [0.15, 0.2) is 42.9 Å². The Labute approximate surface area is 177 Å². The average molecular weight is 415 g/mol. The zero-order valence-corrected chi connectivity index (χ0v) is 17.4. The number of nitrogens with one attached hydrogen (secondary N) is 3. The number of hydrogen-bond donors (Lipinski definition) is 3. The van der Waals surface area contributed by atoms with Gasteiger partial charge in [0.2, 0.25) is 5.91 Å². The lowest BCUT2D eigenvalue weighted by atomic mass is 9.86. The van der Waals surface area contributed by atoms with Gasteiger partial charge in [-0.1, -0.05) is 0 Å². The molecule has 0 unspecified atom stereocenters. The van der Waals surface area contributed by atoms with Gasteiger partial charge in [0, 0.05) is 18.9 Å². The molecule has 3 N–H and O–H groups in total. The minimum Gasteiger partial charge on any atom is -0.337 e. The number of hydrogen-bond acceptors (Lipinski definition) is 5. The molecule has 0 aliphatic carbocycles. The first kappa shape index (κ1) is 19.0. The van der Waals surface area contributed by atoms with E-state index in [9.17, 15) is 9.59 Å². The molecule has 9 heteroatoms. The summed E-state index contributed by atoms with van der Waals surface area (Å²) >= 11 is 0. The van der Waals surface area contributed by atoms with Crippen LogP contribution in [-0.2, 0) is 10.2 Å². The zero-order valence-electron chi connectivity index (χ0n) is 17.4. The number of benzene rings is 1. The SMILES string of the molecule is CCN1C(=O)C(C)(C)c2cc3[nH]c(-c4[nH]ncc4NC(=O)c4cccnc4)nc3cc21. The van der Waals surface area contributed by atoms with Crippen LogP contribution in [0.2, 0.25) is 0 Å². The van der Waals surface area contributed by atoms with Crippen molar-refractivity contribution in [2.45, 2.75) is 26.2 Å². The molecule has 5 rings (SSSR count). The van der Waals surface area contributed by atoms with Crippen LogP contribution in [0.1, 0.15) is 36.7 Å². The minimum absolute atomic E-state index is 0.0897. The van der Waals surface area contributed by atoms with Crippen molar-refractivity contribution in [1.82, 2.24) is 25.1 Å². The van der Waals surface area contributed by atoms with Crippen LogP contribution in [0, 0.1) is 0 Å². The lowest BCUT2D eigenvalue weighted by Gasteiger charge is -2.18. The molecule has 1 aliphatic rings. The predicted molar refractivity (Wildman–Crippen MR) is 117 cm³/mol. The molecule has 4 aromatic rings. The van der Waals surface area contributed by atoms with Crippen LogP contribution in [0.5, 0.6) is 0 Å². The summed E-state index contributed by atoms with van der Waals surface area (Å²) in [4.78, 5) is 39.0. The molecule has 156 valence electrons. The van der Waals surface area contributed by atoms with Crippen molar-refractivity contribution in [3.8, 4) is 11.5 Å². The average Bonchev–Trinajstić information content (AvgIpc) is 3.43. The van der Waals surface area contributed by atoms with Crippen LogP contribution in [0.25, 0.3) is 22.6 Å². The molecule has 0 saturated heterocycles. The fourth-order valence-corrected chi connectivity index (χ4v) is 4.02. The summed E-state index contributed by atoms with van der Waals surface area (Å²) in [6, 6.07) is 7.31. The number of carbonyl (C=O) groups is 2. The number of H-pyrrole nitrogens is 2. The number of imidazole rings is 1. The molecule has 31 heavy (non-hydrogen) atoms. The Hall–Kier alpha value is -4.01. The van der Waals surface area contributed by atoms with Gasteiger partial charge in [0.15, 0.2) is 5.82 Å². The van der Waals surface area contributed by atoms with E-state index in [0.717, 1.165) is 22.3 Å². The number of fused-ring (bicyclic) bond motifs is 2. The van der Waals surface area contributed by atoms with Crippen molar-refractivity contribution >= 4 is 34.2 Å². The fourth-order valence-electron chi connectivity index (χ4n) is 4.02. The van der Waals surface area contributed by atoms with Crippen LogP contribution in [0.4, 0.5) is 11.4 Å². The highest BCUT2D eigenvalue weighted by Gasteiger charge is 2.43. The van der Waals surface area contributed by atoms with Gasteiger partial charge in [-0.05, 0) is 50.6 Å². The highest BCUT2D eigenvalue weighted by Crippen LogP contribution is 2.43. The van der Waals surface area contributed by atoms with Crippen molar-refractivity contribution in [2.24, 2.45) is 0 Å². The van der Waals surface area contributed by atoms with Gasteiger partial charge in [-0.25, -0.2) is 4.98 Å². The summed E-state index contributed by atoms with van der Waals surface area (Å²) < 4.78 is 0. The highest BCUT2D eigenvalue weighted by atomic mass is 16.2. The number of rotatable bonds is 4. The smallest absolute Gasteiger partial charge is 0.257 e. The molecular weight excluding hydrogens is 394 g/mol. The number of aromatic nitrogens is 5. The van der Waals surface area contributed by atoms with Crippen LogP contribution < -0.4 is 10.2 Å².